The number of cyclic esters (lactones) is 1. The molecule has 5 heteroatoms. The third-order valence-corrected chi connectivity index (χ3v) is 3.51. The van der Waals surface area contributed by atoms with E-state index in [4.69, 9.17) is 4.74 Å². The zero-order valence-electron chi connectivity index (χ0n) is 11.6. The van der Waals surface area contributed by atoms with Crippen LogP contribution in [0.4, 0.5) is 0 Å². The summed E-state index contributed by atoms with van der Waals surface area (Å²) in [5.74, 6) is -0.823. The van der Waals surface area contributed by atoms with Crippen molar-refractivity contribution >= 4 is 11.8 Å². The lowest BCUT2D eigenvalue weighted by Gasteiger charge is -2.04. The molecular formula is C16H14N2O3. The molecule has 1 aromatic carbocycles. The molecular weight excluding hydrogens is 268 g/mol. The van der Waals surface area contributed by atoms with Gasteiger partial charge in [-0.15, -0.1) is 0 Å². The number of aromatic nitrogens is 2. The molecule has 1 aliphatic rings. The van der Waals surface area contributed by atoms with Gasteiger partial charge in [-0.1, -0.05) is 30.3 Å². The summed E-state index contributed by atoms with van der Waals surface area (Å²) in [6.45, 7) is 0.165. The molecule has 0 saturated heterocycles. The Morgan fingerprint density at radius 3 is 2.76 bits per heavy atom. The number of aryl methyl sites for hydroxylation is 1. The van der Waals surface area contributed by atoms with Gasteiger partial charge in [-0.25, -0.2) is 9.78 Å². The molecule has 0 bridgehead atoms. The maximum atomic E-state index is 12.5. The number of carbonyl (C=O) groups excluding carboxylic acids is 2. The Morgan fingerprint density at radius 1 is 1.33 bits per heavy atom. The fourth-order valence-electron chi connectivity index (χ4n) is 2.34. The van der Waals surface area contributed by atoms with Gasteiger partial charge in [0.2, 0.25) is 0 Å². The van der Waals surface area contributed by atoms with Gasteiger partial charge in [0.05, 0.1) is 6.33 Å². The molecule has 0 fully saturated rings. The minimum absolute atomic E-state index is 0.155. The van der Waals surface area contributed by atoms with Crippen LogP contribution >= 0.6 is 0 Å². The van der Waals surface area contributed by atoms with Gasteiger partial charge in [-0.3, -0.25) is 4.79 Å². The first-order valence-electron chi connectivity index (χ1n) is 6.61. The van der Waals surface area contributed by atoms with E-state index in [9.17, 15) is 9.59 Å². The van der Waals surface area contributed by atoms with Gasteiger partial charge in [0.15, 0.2) is 5.78 Å². The zero-order chi connectivity index (χ0) is 14.8. The van der Waals surface area contributed by atoms with Crippen LogP contribution < -0.4 is 0 Å². The van der Waals surface area contributed by atoms with E-state index in [1.165, 1.54) is 0 Å². The van der Waals surface area contributed by atoms with Crippen LogP contribution in [0.1, 0.15) is 16.1 Å². The minimum atomic E-state index is -0.541. The van der Waals surface area contributed by atoms with Crippen molar-refractivity contribution < 1.29 is 14.3 Å². The lowest BCUT2D eigenvalue weighted by atomic mass is 9.98. The number of ether oxygens (including phenoxy) is 1. The van der Waals surface area contributed by atoms with Crippen molar-refractivity contribution in [1.82, 2.24) is 9.55 Å². The first-order valence-corrected chi connectivity index (χ1v) is 6.61. The molecule has 1 aliphatic heterocycles. The number of ketones is 1. The van der Waals surface area contributed by atoms with E-state index in [-0.39, 0.29) is 18.0 Å². The molecule has 0 unspecified atom stereocenters. The van der Waals surface area contributed by atoms with Gasteiger partial charge in [0, 0.05) is 30.9 Å². The van der Waals surface area contributed by atoms with Crippen LogP contribution in [0, 0.1) is 0 Å². The first kappa shape index (κ1) is 13.3. The average molecular weight is 282 g/mol. The van der Waals surface area contributed by atoms with Crippen molar-refractivity contribution in [2.75, 3.05) is 6.61 Å². The Morgan fingerprint density at radius 2 is 2.10 bits per heavy atom. The highest BCUT2D eigenvalue weighted by Gasteiger charge is 2.31. The van der Waals surface area contributed by atoms with E-state index < -0.39 is 5.97 Å². The van der Waals surface area contributed by atoms with E-state index in [2.05, 4.69) is 4.98 Å². The number of imidazole rings is 1. The number of Topliss-reactive ketones (excluding diaryl/α,β-unsaturated/α-hetero) is 1. The molecule has 0 spiro atoms. The highest BCUT2D eigenvalue weighted by Crippen LogP contribution is 2.23. The molecule has 0 radical (unpaired) electrons. The molecule has 2 heterocycles. The summed E-state index contributed by atoms with van der Waals surface area (Å²) in [6.07, 6.45) is 3.89. The molecule has 21 heavy (non-hydrogen) atoms. The molecule has 0 aliphatic carbocycles. The summed E-state index contributed by atoms with van der Waals surface area (Å²) in [5, 5.41) is 0. The topological polar surface area (TPSA) is 61.2 Å². The highest BCUT2D eigenvalue weighted by molar-refractivity contribution is 6.25. The Hall–Kier alpha value is -2.69. The average Bonchev–Trinajstić information content (AvgIpc) is 3.06. The van der Waals surface area contributed by atoms with Crippen molar-refractivity contribution in [3.63, 3.8) is 0 Å². The normalized spacial score (nSPS) is 14.4. The Kier molecular flexibility index (Phi) is 3.39. The van der Waals surface area contributed by atoms with Crippen LogP contribution in [0.25, 0.3) is 0 Å². The molecule has 0 N–H and O–H groups in total. The minimum Gasteiger partial charge on any atom is -0.457 e. The largest absolute Gasteiger partial charge is 0.457 e. The smallest absolute Gasteiger partial charge is 0.342 e. The molecule has 0 atom stereocenters. The van der Waals surface area contributed by atoms with E-state index in [1.54, 1.807) is 36.8 Å². The highest BCUT2D eigenvalue weighted by atomic mass is 16.5. The van der Waals surface area contributed by atoms with Gasteiger partial charge in [-0.05, 0) is 5.57 Å². The van der Waals surface area contributed by atoms with Crippen molar-refractivity contribution in [2.24, 2.45) is 7.05 Å². The third-order valence-electron chi connectivity index (χ3n) is 3.51. The summed E-state index contributed by atoms with van der Waals surface area (Å²) < 4.78 is 6.91. The molecule has 3 rings (SSSR count). The van der Waals surface area contributed by atoms with Gasteiger partial charge < -0.3 is 9.30 Å². The van der Waals surface area contributed by atoms with Gasteiger partial charge in [0.25, 0.3) is 0 Å². The second-order valence-corrected chi connectivity index (χ2v) is 4.92. The van der Waals surface area contributed by atoms with Gasteiger partial charge >= 0.3 is 5.97 Å². The van der Waals surface area contributed by atoms with Crippen molar-refractivity contribution in [3.8, 4) is 0 Å². The number of rotatable bonds is 4. The number of benzene rings is 1. The maximum absolute atomic E-state index is 12.5. The molecule has 1 aromatic heterocycles. The van der Waals surface area contributed by atoms with Crippen LogP contribution in [0.15, 0.2) is 54.0 Å². The lowest BCUT2D eigenvalue weighted by molar-refractivity contribution is -0.135. The number of esters is 1. The first-order chi connectivity index (χ1) is 10.2. The number of hydrogen-bond acceptors (Lipinski definition) is 4. The van der Waals surface area contributed by atoms with Crippen LogP contribution in [0.3, 0.4) is 0 Å². The summed E-state index contributed by atoms with van der Waals surface area (Å²) in [7, 11) is 1.87. The van der Waals surface area contributed by atoms with Crippen molar-refractivity contribution in [3.05, 3.63) is 65.3 Å². The predicted octanol–water partition coefficient (Wildman–Crippen LogP) is 1.70. The molecule has 0 saturated carbocycles. The fraction of sp³-hybridized carbons (Fsp3) is 0.188. The van der Waals surface area contributed by atoms with E-state index in [0.29, 0.717) is 17.6 Å². The monoisotopic (exact) mass is 282 g/mol. The zero-order valence-corrected chi connectivity index (χ0v) is 11.6. The van der Waals surface area contributed by atoms with Crippen LogP contribution in [0.2, 0.25) is 0 Å². The third kappa shape index (κ3) is 2.50. The Balaban J connectivity index is 1.96. The standard InChI is InChI=1S/C16H14N2O3/c1-18-10-17-8-13(18)7-12-9-21-16(20)14(12)15(19)11-5-3-2-4-6-11/h2-6,8,10H,7,9H2,1H3. The second kappa shape index (κ2) is 5.36. The number of hydrogen-bond donors (Lipinski definition) is 0. The van der Waals surface area contributed by atoms with Gasteiger partial charge in [-0.2, -0.15) is 0 Å². The molecule has 106 valence electrons. The van der Waals surface area contributed by atoms with E-state index in [1.807, 2.05) is 17.7 Å². The molecule has 2 aromatic rings. The Bertz CT molecular complexity index is 729. The summed E-state index contributed by atoms with van der Waals surface area (Å²) in [6, 6.07) is 8.77. The summed E-state index contributed by atoms with van der Waals surface area (Å²) in [5.41, 5.74) is 2.29. The summed E-state index contributed by atoms with van der Waals surface area (Å²) >= 11 is 0. The fourth-order valence-corrected chi connectivity index (χ4v) is 2.34. The van der Waals surface area contributed by atoms with Crippen molar-refractivity contribution in [1.29, 1.82) is 0 Å². The van der Waals surface area contributed by atoms with Crippen LogP contribution in [-0.2, 0) is 23.0 Å². The number of nitrogens with zero attached hydrogens (tertiary/aromatic N) is 2. The lowest BCUT2D eigenvalue weighted by Crippen LogP contribution is -2.12. The van der Waals surface area contributed by atoms with Gasteiger partial charge in [0.1, 0.15) is 12.2 Å². The predicted molar refractivity (Wildman–Crippen MR) is 75.7 cm³/mol. The second-order valence-electron chi connectivity index (χ2n) is 4.92. The molecule has 0 amide bonds. The Labute approximate surface area is 121 Å². The van der Waals surface area contributed by atoms with Crippen molar-refractivity contribution in [2.45, 2.75) is 6.42 Å². The van der Waals surface area contributed by atoms with E-state index in [0.717, 1.165) is 5.69 Å². The van der Waals surface area contributed by atoms with Crippen LogP contribution in [0.5, 0.6) is 0 Å². The number of carbonyl (C=O) groups is 2. The molecule has 5 nitrogen and oxygen atoms in total. The van der Waals surface area contributed by atoms with Crippen LogP contribution in [-0.4, -0.2) is 27.9 Å². The maximum Gasteiger partial charge on any atom is 0.342 e. The summed E-state index contributed by atoms with van der Waals surface area (Å²) in [4.78, 5) is 28.4. The SMILES string of the molecule is Cn1cncc1CC1=C(C(=O)c2ccccc2)C(=O)OC1. The van der Waals surface area contributed by atoms with E-state index >= 15 is 0 Å². The quantitative estimate of drug-likeness (QED) is 0.486.